The molecule has 1 aromatic heterocycles. The van der Waals surface area contributed by atoms with Crippen molar-refractivity contribution in [3.8, 4) is 5.75 Å². The molecule has 0 radical (unpaired) electrons. The van der Waals surface area contributed by atoms with Crippen LogP contribution in [0.1, 0.15) is 31.0 Å². The molecule has 3 rings (SSSR count). The van der Waals surface area contributed by atoms with E-state index in [1.54, 1.807) is 37.6 Å². The molecule has 2 heterocycles. The van der Waals surface area contributed by atoms with Crippen LogP contribution in [0.3, 0.4) is 0 Å². The molecule has 0 unspecified atom stereocenters. The van der Waals surface area contributed by atoms with E-state index in [0.717, 1.165) is 12.0 Å². The number of piperidine rings is 1. The summed E-state index contributed by atoms with van der Waals surface area (Å²) in [6, 6.07) is 10.7. The number of nitrogens with one attached hydrogen (secondary N) is 2. The number of carbonyl (C=O) groups excluding carboxylic acids is 3. The molecule has 0 aliphatic carbocycles. The lowest BCUT2D eigenvalue weighted by Crippen LogP contribution is -2.55. The first-order chi connectivity index (χ1) is 15.3. The van der Waals surface area contributed by atoms with Crippen LogP contribution < -0.4 is 21.1 Å². The molecule has 4 N–H and O–H groups in total. The second-order valence-corrected chi connectivity index (χ2v) is 7.96. The van der Waals surface area contributed by atoms with E-state index >= 15 is 0 Å². The van der Waals surface area contributed by atoms with Crippen molar-refractivity contribution < 1.29 is 19.1 Å². The van der Waals surface area contributed by atoms with Crippen molar-refractivity contribution in [2.75, 3.05) is 32.1 Å². The standard InChI is InChI=1S/C23H29N5O4/c1-16(29)27-18-7-8-19(32-2)17(12-18)13-26-21(30)14-28-11-5-9-23(15-28,22(24)31)20-6-3-4-10-25-20/h3-4,6-8,10,12H,5,9,11,13-15H2,1-2H3,(H2,24,31)(H,26,30)(H,27,29)/t23-/m0/s1. The van der Waals surface area contributed by atoms with Gasteiger partial charge in [0.1, 0.15) is 11.2 Å². The van der Waals surface area contributed by atoms with Gasteiger partial charge in [-0.15, -0.1) is 0 Å². The summed E-state index contributed by atoms with van der Waals surface area (Å²) in [6.07, 6.45) is 2.98. The molecule has 0 bridgehead atoms. The predicted octanol–water partition coefficient (Wildman–Crippen LogP) is 1.18. The Morgan fingerprint density at radius 2 is 2.06 bits per heavy atom. The number of aromatic nitrogens is 1. The van der Waals surface area contributed by atoms with Crippen LogP contribution in [-0.4, -0.2) is 54.3 Å². The zero-order valence-corrected chi connectivity index (χ0v) is 18.4. The zero-order chi connectivity index (χ0) is 23.1. The van der Waals surface area contributed by atoms with E-state index in [-0.39, 0.29) is 24.9 Å². The Labute approximate surface area is 187 Å². The number of hydrogen-bond acceptors (Lipinski definition) is 6. The first kappa shape index (κ1) is 23.2. The molecule has 32 heavy (non-hydrogen) atoms. The van der Waals surface area contributed by atoms with Crippen molar-refractivity contribution in [3.05, 3.63) is 53.9 Å². The second-order valence-electron chi connectivity index (χ2n) is 7.96. The minimum absolute atomic E-state index is 0.134. The maximum Gasteiger partial charge on any atom is 0.234 e. The lowest BCUT2D eigenvalue weighted by atomic mass is 9.76. The highest BCUT2D eigenvalue weighted by Gasteiger charge is 2.43. The monoisotopic (exact) mass is 439 g/mol. The number of nitrogens with two attached hydrogens (primary N) is 1. The number of rotatable bonds is 8. The molecule has 1 aliphatic rings. The molecule has 0 spiro atoms. The van der Waals surface area contributed by atoms with E-state index in [2.05, 4.69) is 15.6 Å². The summed E-state index contributed by atoms with van der Waals surface area (Å²) in [4.78, 5) is 42.7. The predicted molar refractivity (Wildman–Crippen MR) is 120 cm³/mol. The number of anilines is 1. The van der Waals surface area contributed by atoms with Crippen molar-refractivity contribution in [3.63, 3.8) is 0 Å². The van der Waals surface area contributed by atoms with E-state index in [0.29, 0.717) is 36.6 Å². The number of amides is 3. The van der Waals surface area contributed by atoms with Gasteiger partial charge in [0.05, 0.1) is 19.3 Å². The summed E-state index contributed by atoms with van der Waals surface area (Å²) in [5, 5.41) is 5.61. The average Bonchev–Trinajstić information content (AvgIpc) is 2.78. The Morgan fingerprint density at radius 3 is 2.72 bits per heavy atom. The molecule has 1 saturated heterocycles. The van der Waals surface area contributed by atoms with Gasteiger partial charge in [0, 0.05) is 37.5 Å². The van der Waals surface area contributed by atoms with Crippen LogP contribution in [0, 0.1) is 0 Å². The highest BCUT2D eigenvalue weighted by molar-refractivity contribution is 5.89. The first-order valence-corrected chi connectivity index (χ1v) is 10.5. The normalized spacial score (nSPS) is 18.6. The second kappa shape index (κ2) is 10.2. The topological polar surface area (TPSA) is 127 Å². The Hall–Kier alpha value is -3.46. The summed E-state index contributed by atoms with van der Waals surface area (Å²) < 4.78 is 5.36. The minimum Gasteiger partial charge on any atom is -0.496 e. The Bertz CT molecular complexity index is 982. The highest BCUT2D eigenvalue weighted by Crippen LogP contribution is 2.32. The van der Waals surface area contributed by atoms with Crippen LogP contribution in [0.25, 0.3) is 0 Å². The molecule has 1 atom stereocenters. The lowest BCUT2D eigenvalue weighted by Gasteiger charge is -2.40. The summed E-state index contributed by atoms with van der Waals surface area (Å²) >= 11 is 0. The van der Waals surface area contributed by atoms with E-state index < -0.39 is 11.3 Å². The van der Waals surface area contributed by atoms with Crippen LogP contribution in [0.5, 0.6) is 5.75 Å². The van der Waals surface area contributed by atoms with Crippen molar-refractivity contribution >= 4 is 23.4 Å². The van der Waals surface area contributed by atoms with Crippen molar-refractivity contribution in [1.29, 1.82) is 0 Å². The third kappa shape index (κ3) is 5.42. The molecule has 1 aromatic carbocycles. The van der Waals surface area contributed by atoms with Gasteiger partial charge in [-0.25, -0.2) is 0 Å². The van der Waals surface area contributed by atoms with E-state index in [4.69, 9.17) is 10.5 Å². The van der Waals surface area contributed by atoms with Gasteiger partial charge in [-0.2, -0.15) is 0 Å². The fourth-order valence-electron chi connectivity index (χ4n) is 4.11. The van der Waals surface area contributed by atoms with Gasteiger partial charge in [0.2, 0.25) is 17.7 Å². The number of nitrogens with zero attached hydrogens (tertiary/aromatic N) is 2. The smallest absolute Gasteiger partial charge is 0.234 e. The summed E-state index contributed by atoms with van der Waals surface area (Å²) in [7, 11) is 1.55. The van der Waals surface area contributed by atoms with Crippen molar-refractivity contribution in [1.82, 2.24) is 15.2 Å². The van der Waals surface area contributed by atoms with Gasteiger partial charge in [0.15, 0.2) is 0 Å². The Balaban J connectivity index is 1.65. The molecule has 2 aromatic rings. The Morgan fingerprint density at radius 1 is 1.25 bits per heavy atom. The fraction of sp³-hybridized carbons (Fsp3) is 0.391. The van der Waals surface area contributed by atoms with Gasteiger partial charge >= 0.3 is 0 Å². The van der Waals surface area contributed by atoms with Crippen LogP contribution in [0.4, 0.5) is 5.69 Å². The van der Waals surface area contributed by atoms with Gasteiger partial charge in [-0.1, -0.05) is 6.07 Å². The number of primary amides is 1. The number of benzene rings is 1. The van der Waals surface area contributed by atoms with Gasteiger partial charge in [-0.3, -0.25) is 24.3 Å². The maximum absolute atomic E-state index is 12.7. The van der Waals surface area contributed by atoms with E-state index in [1.807, 2.05) is 17.0 Å². The van der Waals surface area contributed by atoms with Crippen LogP contribution in [-0.2, 0) is 26.3 Å². The zero-order valence-electron chi connectivity index (χ0n) is 18.4. The Kier molecular flexibility index (Phi) is 7.42. The van der Waals surface area contributed by atoms with Gasteiger partial charge in [0.25, 0.3) is 0 Å². The van der Waals surface area contributed by atoms with Crippen LogP contribution in [0.15, 0.2) is 42.6 Å². The van der Waals surface area contributed by atoms with Crippen LogP contribution in [0.2, 0.25) is 0 Å². The van der Waals surface area contributed by atoms with E-state index in [9.17, 15) is 14.4 Å². The maximum atomic E-state index is 12.7. The van der Waals surface area contributed by atoms with Crippen LogP contribution >= 0.6 is 0 Å². The molecule has 1 aliphatic heterocycles. The molecular weight excluding hydrogens is 410 g/mol. The van der Waals surface area contributed by atoms with Crippen molar-refractivity contribution in [2.24, 2.45) is 5.73 Å². The van der Waals surface area contributed by atoms with Gasteiger partial charge in [-0.05, 0) is 49.7 Å². The number of carbonyl (C=O) groups is 3. The summed E-state index contributed by atoms with van der Waals surface area (Å²) in [6.45, 7) is 2.84. The van der Waals surface area contributed by atoms with Crippen molar-refractivity contribution in [2.45, 2.75) is 31.7 Å². The number of pyridine rings is 1. The lowest BCUT2D eigenvalue weighted by molar-refractivity contribution is -0.128. The number of ether oxygens (including phenoxy) is 1. The number of likely N-dealkylation sites (tertiary alicyclic amines) is 1. The quantitative estimate of drug-likeness (QED) is 0.567. The first-order valence-electron chi connectivity index (χ1n) is 10.5. The number of hydrogen-bond donors (Lipinski definition) is 3. The molecule has 170 valence electrons. The summed E-state index contributed by atoms with van der Waals surface area (Å²) in [5.74, 6) is -0.180. The fourth-order valence-corrected chi connectivity index (χ4v) is 4.11. The SMILES string of the molecule is COc1ccc(NC(C)=O)cc1CNC(=O)CN1CCC[C@@](C(N)=O)(c2ccccn2)C1. The molecule has 1 fully saturated rings. The third-order valence-corrected chi connectivity index (χ3v) is 5.64. The highest BCUT2D eigenvalue weighted by atomic mass is 16.5. The number of methoxy groups -OCH3 is 1. The molecular formula is C23H29N5O4. The summed E-state index contributed by atoms with van der Waals surface area (Å²) in [5.41, 5.74) is 6.89. The largest absolute Gasteiger partial charge is 0.496 e. The molecule has 9 heteroatoms. The third-order valence-electron chi connectivity index (χ3n) is 5.64. The minimum atomic E-state index is -0.907. The molecule has 0 saturated carbocycles. The van der Waals surface area contributed by atoms with E-state index in [1.165, 1.54) is 6.92 Å². The molecule has 3 amide bonds. The average molecular weight is 440 g/mol. The van der Waals surface area contributed by atoms with Gasteiger partial charge < -0.3 is 21.1 Å². The molecule has 9 nitrogen and oxygen atoms in total.